The van der Waals surface area contributed by atoms with Gasteiger partial charge in [-0.15, -0.1) is 0 Å². The molecule has 112 valence electrons. The monoisotopic (exact) mass is 433 g/mol. The Morgan fingerprint density at radius 1 is 1.05 bits per heavy atom. The molecule has 2 aromatic rings. The van der Waals surface area contributed by atoms with Crippen molar-refractivity contribution in [1.82, 2.24) is 0 Å². The maximum absolute atomic E-state index is 12.4. The van der Waals surface area contributed by atoms with Gasteiger partial charge in [-0.25, -0.2) is 8.42 Å². The number of aryl methyl sites for hydroxylation is 1. The predicted octanol–water partition coefficient (Wildman–Crippen LogP) is 4.33. The number of sulfonamides is 1. The first kappa shape index (κ1) is 16.3. The lowest BCUT2D eigenvalue weighted by Gasteiger charge is -2.11. The summed E-state index contributed by atoms with van der Waals surface area (Å²) in [4.78, 5) is 0.177. The second-order valence-electron chi connectivity index (χ2n) is 4.37. The normalized spacial score (nSPS) is 11.2. The molecule has 7 heteroatoms. The summed E-state index contributed by atoms with van der Waals surface area (Å²) in [5.74, 6) is 0.664. The molecule has 0 aliphatic heterocycles. The van der Waals surface area contributed by atoms with Crippen LogP contribution in [0.2, 0.25) is 0 Å². The topological polar surface area (TPSA) is 55.4 Å². The summed E-state index contributed by atoms with van der Waals surface area (Å²) in [7, 11) is -2.11. The Labute approximate surface area is 140 Å². The van der Waals surface area contributed by atoms with Crippen LogP contribution in [0.25, 0.3) is 0 Å². The number of rotatable bonds is 4. The molecule has 0 aliphatic rings. The van der Waals surface area contributed by atoms with Crippen molar-refractivity contribution in [1.29, 1.82) is 0 Å². The molecule has 0 amide bonds. The molecule has 0 heterocycles. The molecule has 21 heavy (non-hydrogen) atoms. The second kappa shape index (κ2) is 6.37. The largest absolute Gasteiger partial charge is 0.497 e. The minimum Gasteiger partial charge on any atom is -0.497 e. The maximum Gasteiger partial charge on any atom is 0.263 e. The smallest absolute Gasteiger partial charge is 0.263 e. The Morgan fingerprint density at radius 3 is 2.24 bits per heavy atom. The third kappa shape index (κ3) is 3.78. The highest BCUT2D eigenvalue weighted by Crippen LogP contribution is 2.30. The molecule has 2 rings (SSSR count). The van der Waals surface area contributed by atoms with Gasteiger partial charge in [-0.2, -0.15) is 0 Å². The molecule has 0 aliphatic carbocycles. The van der Waals surface area contributed by atoms with Crippen molar-refractivity contribution in [2.45, 2.75) is 11.8 Å². The average molecular weight is 435 g/mol. The predicted molar refractivity (Wildman–Crippen MR) is 90.4 cm³/mol. The Hall–Kier alpha value is -1.05. The van der Waals surface area contributed by atoms with E-state index >= 15 is 0 Å². The Bertz CT molecular complexity index is 759. The minimum atomic E-state index is -3.67. The lowest BCUT2D eigenvalue weighted by atomic mass is 10.2. The standard InChI is InChI=1S/C14H13Br2NO3S/c1-9-7-13(16)14(8-12(9)15)21(18,19)17-10-3-5-11(20-2)6-4-10/h3-8,17H,1-2H3. The SMILES string of the molecule is COc1ccc(NS(=O)(=O)c2cc(Br)c(C)cc2Br)cc1. The van der Waals surface area contributed by atoms with Gasteiger partial charge >= 0.3 is 0 Å². The molecule has 0 radical (unpaired) electrons. The summed E-state index contributed by atoms with van der Waals surface area (Å²) in [6.07, 6.45) is 0. The van der Waals surface area contributed by atoms with Gasteiger partial charge in [-0.3, -0.25) is 4.72 Å². The number of methoxy groups -OCH3 is 1. The van der Waals surface area contributed by atoms with E-state index in [0.717, 1.165) is 10.0 Å². The van der Waals surface area contributed by atoms with Crippen LogP contribution in [-0.4, -0.2) is 15.5 Å². The molecule has 0 spiro atoms. The average Bonchev–Trinajstić information content (AvgIpc) is 2.43. The first-order valence-electron chi connectivity index (χ1n) is 5.96. The van der Waals surface area contributed by atoms with Gasteiger partial charge < -0.3 is 4.74 Å². The van der Waals surface area contributed by atoms with Crippen molar-refractivity contribution in [3.8, 4) is 5.75 Å². The molecule has 2 aromatic carbocycles. The van der Waals surface area contributed by atoms with Crippen LogP contribution in [0, 0.1) is 6.92 Å². The number of hydrogen-bond acceptors (Lipinski definition) is 3. The summed E-state index contributed by atoms with van der Waals surface area (Å²) in [6.45, 7) is 1.89. The lowest BCUT2D eigenvalue weighted by molar-refractivity contribution is 0.415. The number of benzene rings is 2. The molecule has 4 nitrogen and oxygen atoms in total. The van der Waals surface area contributed by atoms with Crippen LogP contribution in [0.1, 0.15) is 5.56 Å². The fourth-order valence-corrected chi connectivity index (χ4v) is 4.44. The number of hydrogen-bond donors (Lipinski definition) is 1. The number of anilines is 1. The van der Waals surface area contributed by atoms with E-state index in [4.69, 9.17) is 4.74 Å². The molecular weight excluding hydrogens is 422 g/mol. The van der Waals surface area contributed by atoms with Gasteiger partial charge in [0.1, 0.15) is 10.6 Å². The number of ether oxygens (including phenoxy) is 1. The van der Waals surface area contributed by atoms with E-state index in [-0.39, 0.29) is 4.90 Å². The van der Waals surface area contributed by atoms with Crippen LogP contribution < -0.4 is 9.46 Å². The van der Waals surface area contributed by atoms with Crippen LogP contribution >= 0.6 is 31.9 Å². The summed E-state index contributed by atoms with van der Waals surface area (Å²) >= 11 is 6.64. The van der Waals surface area contributed by atoms with Crippen LogP contribution in [0.3, 0.4) is 0 Å². The summed E-state index contributed by atoms with van der Waals surface area (Å²) in [6, 6.07) is 10.0. The van der Waals surface area contributed by atoms with Crippen molar-refractivity contribution in [3.05, 3.63) is 50.9 Å². The van der Waals surface area contributed by atoms with Gasteiger partial charge in [0, 0.05) is 14.6 Å². The van der Waals surface area contributed by atoms with E-state index in [9.17, 15) is 8.42 Å². The molecule has 0 saturated heterocycles. The van der Waals surface area contributed by atoms with Crippen LogP contribution in [0.15, 0.2) is 50.2 Å². The van der Waals surface area contributed by atoms with E-state index in [1.54, 1.807) is 43.5 Å². The van der Waals surface area contributed by atoms with Crippen molar-refractivity contribution in [2.24, 2.45) is 0 Å². The Kier molecular flexibility index (Phi) is 4.95. The third-order valence-electron chi connectivity index (χ3n) is 2.84. The zero-order chi connectivity index (χ0) is 15.6. The highest BCUT2D eigenvalue weighted by Gasteiger charge is 2.19. The van der Waals surface area contributed by atoms with Gasteiger partial charge in [0.2, 0.25) is 0 Å². The third-order valence-corrected chi connectivity index (χ3v) is 6.04. The first-order valence-corrected chi connectivity index (χ1v) is 9.03. The first-order chi connectivity index (χ1) is 9.83. The molecule has 0 aromatic heterocycles. The zero-order valence-electron chi connectivity index (χ0n) is 11.4. The van der Waals surface area contributed by atoms with Crippen LogP contribution in [-0.2, 0) is 10.0 Å². The fourth-order valence-electron chi connectivity index (χ4n) is 1.70. The molecule has 0 unspecified atom stereocenters. The summed E-state index contributed by atoms with van der Waals surface area (Å²) in [5.41, 5.74) is 1.42. The zero-order valence-corrected chi connectivity index (χ0v) is 15.3. The van der Waals surface area contributed by atoms with E-state index in [2.05, 4.69) is 36.6 Å². The second-order valence-corrected chi connectivity index (χ2v) is 7.73. The summed E-state index contributed by atoms with van der Waals surface area (Å²) in [5, 5.41) is 0. The number of halogens is 2. The van der Waals surface area contributed by atoms with E-state index in [1.165, 1.54) is 0 Å². The molecule has 1 N–H and O–H groups in total. The lowest BCUT2D eigenvalue weighted by Crippen LogP contribution is -2.13. The minimum absolute atomic E-state index is 0.177. The van der Waals surface area contributed by atoms with E-state index in [0.29, 0.717) is 15.9 Å². The highest BCUT2D eigenvalue weighted by atomic mass is 79.9. The molecule has 0 atom stereocenters. The van der Waals surface area contributed by atoms with Gasteiger partial charge in [0.05, 0.1) is 7.11 Å². The van der Waals surface area contributed by atoms with Crippen LogP contribution in [0.5, 0.6) is 5.75 Å². The van der Waals surface area contributed by atoms with Crippen molar-refractivity contribution >= 4 is 47.6 Å². The van der Waals surface area contributed by atoms with Gasteiger partial charge in [-0.05, 0) is 64.8 Å². The number of nitrogens with one attached hydrogen (secondary N) is 1. The van der Waals surface area contributed by atoms with Crippen molar-refractivity contribution in [2.75, 3.05) is 11.8 Å². The molecule has 0 bridgehead atoms. The van der Waals surface area contributed by atoms with Crippen molar-refractivity contribution < 1.29 is 13.2 Å². The Morgan fingerprint density at radius 2 is 1.67 bits per heavy atom. The maximum atomic E-state index is 12.4. The molecule has 0 fully saturated rings. The van der Waals surface area contributed by atoms with Gasteiger partial charge in [0.25, 0.3) is 10.0 Å². The van der Waals surface area contributed by atoms with E-state index < -0.39 is 10.0 Å². The molecule has 0 saturated carbocycles. The van der Waals surface area contributed by atoms with Gasteiger partial charge in [-0.1, -0.05) is 15.9 Å². The fraction of sp³-hybridized carbons (Fsp3) is 0.143. The Balaban J connectivity index is 2.35. The summed E-state index contributed by atoms with van der Waals surface area (Å²) < 4.78 is 33.7. The molecular formula is C14H13Br2NO3S. The van der Waals surface area contributed by atoms with Crippen molar-refractivity contribution in [3.63, 3.8) is 0 Å². The quantitative estimate of drug-likeness (QED) is 0.778. The van der Waals surface area contributed by atoms with E-state index in [1.807, 2.05) is 6.92 Å². The van der Waals surface area contributed by atoms with Crippen LogP contribution in [0.4, 0.5) is 5.69 Å². The van der Waals surface area contributed by atoms with Gasteiger partial charge in [0.15, 0.2) is 0 Å². The highest BCUT2D eigenvalue weighted by molar-refractivity contribution is 9.11.